The molecule has 10 aromatic rings. The molecule has 0 radical (unpaired) electrons. The van der Waals surface area contributed by atoms with E-state index in [2.05, 4.69) is 146 Å². The van der Waals surface area contributed by atoms with Crippen LogP contribution in [0, 0.1) is 0 Å². The van der Waals surface area contributed by atoms with Gasteiger partial charge < -0.3 is 0 Å². The summed E-state index contributed by atoms with van der Waals surface area (Å²) < 4.78 is 2.60. The first-order chi connectivity index (χ1) is 25.3. The summed E-state index contributed by atoms with van der Waals surface area (Å²) in [6.07, 6.45) is 0. The Labute approximate surface area is 299 Å². The van der Waals surface area contributed by atoms with E-state index in [0.717, 1.165) is 61.4 Å². The van der Waals surface area contributed by atoms with Gasteiger partial charge in [-0.25, -0.2) is 15.0 Å². The second kappa shape index (κ2) is 12.1. The van der Waals surface area contributed by atoms with Crippen LogP contribution in [0.3, 0.4) is 0 Å². The molecule has 0 aliphatic heterocycles. The summed E-state index contributed by atoms with van der Waals surface area (Å²) in [4.78, 5) is 16.0. The van der Waals surface area contributed by atoms with Crippen molar-refractivity contribution in [1.29, 1.82) is 0 Å². The van der Waals surface area contributed by atoms with Crippen molar-refractivity contribution in [3.8, 4) is 56.3 Å². The fourth-order valence-electron chi connectivity index (χ4n) is 7.32. The highest BCUT2D eigenvalue weighted by atomic mass is 32.1. The first-order valence-electron chi connectivity index (χ1n) is 17.1. The van der Waals surface area contributed by atoms with Gasteiger partial charge in [0, 0.05) is 64.1 Å². The van der Waals surface area contributed by atoms with Crippen molar-refractivity contribution in [3.05, 3.63) is 176 Å². The van der Waals surface area contributed by atoms with Gasteiger partial charge in [-0.3, -0.25) is 0 Å². The van der Waals surface area contributed by atoms with E-state index in [0.29, 0.717) is 5.82 Å². The van der Waals surface area contributed by atoms with E-state index in [9.17, 15) is 0 Å². The minimum Gasteiger partial charge on any atom is -0.247 e. The number of fused-ring (bicyclic) bond motifs is 7. The van der Waals surface area contributed by atoms with E-state index >= 15 is 0 Å². The molecule has 0 saturated carbocycles. The standard InChI is InChI=1S/C47H29N3S/c1-4-15-30(16-5-1)44-41(45(31-17-6-2-7-18-31)50-47(49-44)32-19-8-3-9-20-32)33-21-14-22-34(29-33)43-38-28-27-36-35-23-11-13-26-40(35)51-46(36)42(38)37-24-10-12-25-39(37)48-43/h1-29H. The van der Waals surface area contributed by atoms with Crippen LogP contribution in [0.5, 0.6) is 0 Å². The largest absolute Gasteiger partial charge is 0.247 e. The lowest BCUT2D eigenvalue weighted by Crippen LogP contribution is -2.01. The molecule has 0 amide bonds. The fraction of sp³-hybridized carbons (Fsp3) is 0. The summed E-state index contributed by atoms with van der Waals surface area (Å²) in [6, 6.07) is 61.7. The fourth-order valence-corrected chi connectivity index (χ4v) is 8.58. The van der Waals surface area contributed by atoms with Crippen LogP contribution in [-0.4, -0.2) is 15.0 Å². The van der Waals surface area contributed by atoms with Gasteiger partial charge in [0.25, 0.3) is 0 Å². The molecule has 0 saturated heterocycles. The number of hydrogen-bond donors (Lipinski definition) is 0. The first kappa shape index (κ1) is 29.4. The van der Waals surface area contributed by atoms with Crippen molar-refractivity contribution in [2.45, 2.75) is 0 Å². The zero-order chi connectivity index (χ0) is 33.7. The lowest BCUT2D eigenvalue weighted by atomic mass is 9.91. The van der Waals surface area contributed by atoms with Crippen LogP contribution < -0.4 is 0 Å². The number of nitrogens with zero attached hydrogens (tertiary/aromatic N) is 3. The maximum atomic E-state index is 5.36. The number of para-hydroxylation sites is 1. The molecular weight excluding hydrogens is 639 g/mol. The predicted molar refractivity (Wildman–Crippen MR) is 215 cm³/mol. The summed E-state index contributed by atoms with van der Waals surface area (Å²) in [5.41, 5.74) is 9.87. The Morgan fingerprint density at radius 3 is 1.61 bits per heavy atom. The van der Waals surface area contributed by atoms with E-state index in [-0.39, 0.29) is 0 Å². The molecule has 238 valence electrons. The molecule has 4 heteroatoms. The summed E-state index contributed by atoms with van der Waals surface area (Å²) in [5.74, 6) is 0.697. The predicted octanol–water partition coefficient (Wildman–Crippen LogP) is 12.9. The van der Waals surface area contributed by atoms with Gasteiger partial charge in [0.1, 0.15) is 0 Å². The molecule has 0 fully saturated rings. The van der Waals surface area contributed by atoms with Gasteiger partial charge in [0.2, 0.25) is 0 Å². The highest BCUT2D eigenvalue weighted by Gasteiger charge is 2.22. The van der Waals surface area contributed by atoms with Crippen LogP contribution in [0.25, 0.3) is 98.1 Å². The Kier molecular flexibility index (Phi) is 7.00. The van der Waals surface area contributed by atoms with Crippen molar-refractivity contribution in [2.24, 2.45) is 0 Å². The molecule has 3 aromatic heterocycles. The van der Waals surface area contributed by atoms with Gasteiger partial charge in [0.15, 0.2) is 5.82 Å². The summed E-state index contributed by atoms with van der Waals surface area (Å²) in [5, 5.41) is 6.16. The number of benzene rings is 7. The van der Waals surface area contributed by atoms with Crippen molar-refractivity contribution >= 4 is 53.2 Å². The molecule has 0 unspecified atom stereocenters. The molecule has 0 bridgehead atoms. The summed E-state index contributed by atoms with van der Waals surface area (Å²) in [7, 11) is 0. The normalized spacial score (nSPS) is 11.5. The highest BCUT2D eigenvalue weighted by Crippen LogP contribution is 2.45. The Balaban J connectivity index is 1.26. The second-order valence-electron chi connectivity index (χ2n) is 12.7. The van der Waals surface area contributed by atoms with E-state index in [1.165, 1.54) is 30.9 Å². The third kappa shape index (κ3) is 5.00. The molecule has 3 nitrogen and oxygen atoms in total. The van der Waals surface area contributed by atoms with Crippen LogP contribution in [-0.2, 0) is 0 Å². The van der Waals surface area contributed by atoms with Gasteiger partial charge >= 0.3 is 0 Å². The molecule has 0 atom stereocenters. The van der Waals surface area contributed by atoms with Gasteiger partial charge in [-0.1, -0.05) is 158 Å². The third-order valence-electron chi connectivity index (χ3n) is 9.67. The first-order valence-corrected chi connectivity index (χ1v) is 17.9. The third-order valence-corrected chi connectivity index (χ3v) is 10.9. The lowest BCUT2D eigenvalue weighted by Gasteiger charge is -2.18. The van der Waals surface area contributed by atoms with E-state index in [1.807, 2.05) is 41.7 Å². The summed E-state index contributed by atoms with van der Waals surface area (Å²) >= 11 is 1.86. The zero-order valence-electron chi connectivity index (χ0n) is 27.5. The summed E-state index contributed by atoms with van der Waals surface area (Å²) in [6.45, 7) is 0. The Bertz CT molecular complexity index is 2840. The van der Waals surface area contributed by atoms with Crippen molar-refractivity contribution < 1.29 is 0 Å². The van der Waals surface area contributed by atoms with E-state index in [1.54, 1.807) is 0 Å². The van der Waals surface area contributed by atoms with Crippen LogP contribution in [0.15, 0.2) is 176 Å². The lowest BCUT2D eigenvalue weighted by molar-refractivity contribution is 1.18. The van der Waals surface area contributed by atoms with Gasteiger partial charge in [-0.15, -0.1) is 11.3 Å². The van der Waals surface area contributed by atoms with E-state index in [4.69, 9.17) is 15.0 Å². The average Bonchev–Trinajstić information content (AvgIpc) is 3.60. The van der Waals surface area contributed by atoms with Crippen molar-refractivity contribution in [3.63, 3.8) is 0 Å². The molecule has 3 heterocycles. The molecule has 51 heavy (non-hydrogen) atoms. The maximum Gasteiger partial charge on any atom is 0.160 e. The molecule has 10 rings (SSSR count). The minimum absolute atomic E-state index is 0.697. The molecule has 7 aromatic carbocycles. The van der Waals surface area contributed by atoms with Gasteiger partial charge in [-0.2, -0.15) is 0 Å². The number of thiophene rings is 1. The van der Waals surface area contributed by atoms with Crippen LogP contribution in [0.2, 0.25) is 0 Å². The molecule has 0 aliphatic carbocycles. The highest BCUT2D eigenvalue weighted by molar-refractivity contribution is 7.26. The maximum absolute atomic E-state index is 5.36. The Morgan fingerprint density at radius 2 is 0.902 bits per heavy atom. The number of pyridine rings is 1. The van der Waals surface area contributed by atoms with Crippen LogP contribution in [0.4, 0.5) is 0 Å². The average molecular weight is 668 g/mol. The second-order valence-corrected chi connectivity index (χ2v) is 13.8. The molecule has 0 spiro atoms. The van der Waals surface area contributed by atoms with Gasteiger partial charge in [-0.05, 0) is 23.8 Å². The molecule has 0 N–H and O–H groups in total. The van der Waals surface area contributed by atoms with Crippen molar-refractivity contribution in [2.75, 3.05) is 0 Å². The van der Waals surface area contributed by atoms with E-state index < -0.39 is 0 Å². The molecular formula is C47H29N3S. The monoisotopic (exact) mass is 667 g/mol. The van der Waals surface area contributed by atoms with Crippen molar-refractivity contribution in [1.82, 2.24) is 15.0 Å². The van der Waals surface area contributed by atoms with Crippen LogP contribution >= 0.6 is 11.3 Å². The van der Waals surface area contributed by atoms with Gasteiger partial charge in [0.05, 0.1) is 22.6 Å². The zero-order valence-corrected chi connectivity index (χ0v) is 28.3. The van der Waals surface area contributed by atoms with Crippen LogP contribution in [0.1, 0.15) is 0 Å². The SMILES string of the molecule is c1ccc(-c2nc(-c3ccccc3)c(-c3cccc(-c4nc5ccccc5c5c4ccc4c6ccccc6sc45)c3)c(-c3ccccc3)n2)cc1. The topological polar surface area (TPSA) is 38.7 Å². The molecule has 0 aliphatic rings. The number of hydrogen-bond acceptors (Lipinski definition) is 4. The number of rotatable bonds is 5. The minimum atomic E-state index is 0.697. The Hall–Kier alpha value is -6.49. The quantitative estimate of drug-likeness (QED) is 0.171. The number of aromatic nitrogens is 3. The Morgan fingerprint density at radius 1 is 0.353 bits per heavy atom. The smallest absolute Gasteiger partial charge is 0.160 e.